The lowest BCUT2D eigenvalue weighted by Crippen LogP contribution is -2.41. The molecule has 4 aromatic carbocycles. The number of rotatable bonds is 9. The van der Waals surface area contributed by atoms with E-state index in [2.05, 4.69) is 80.4 Å². The molecule has 70 heavy (non-hydrogen) atoms. The Morgan fingerprint density at radius 1 is 0.686 bits per heavy atom. The Bertz CT molecular complexity index is 2890. The summed E-state index contributed by atoms with van der Waals surface area (Å²) >= 11 is 8.31. The normalized spacial score (nSPS) is 14.7. The van der Waals surface area contributed by atoms with Gasteiger partial charge in [-0.05, 0) is 93.6 Å². The Morgan fingerprint density at radius 2 is 1.14 bits per heavy atom. The van der Waals surface area contributed by atoms with Gasteiger partial charge in [0, 0.05) is 60.6 Å². The van der Waals surface area contributed by atoms with Gasteiger partial charge in [-0.2, -0.15) is 0 Å². The number of nitrogens with one attached hydrogen (secondary N) is 1. The predicted molar refractivity (Wildman–Crippen MR) is 277 cm³/mol. The molecule has 1 N–H and O–H groups in total. The number of hydrogen-bond donors (Lipinski definition) is 1. The smallest absolute Gasteiger partial charge is 0.254 e. The number of hydrogen-bond acceptors (Lipinski definition) is 12. The maximum atomic E-state index is 13.2. The largest absolute Gasteiger partial charge is 0.327 e. The number of carbonyl (C=O) groups excluding carboxylic acids is 2. The van der Waals surface area contributed by atoms with E-state index < -0.39 is 5.24 Å². The maximum Gasteiger partial charge on any atom is 0.254 e. The lowest BCUT2D eigenvalue weighted by Gasteiger charge is -2.33. The van der Waals surface area contributed by atoms with Crippen LogP contribution in [0.15, 0.2) is 120 Å². The molecular weight excluding hydrogens is 948 g/mol. The fourth-order valence-corrected chi connectivity index (χ4v) is 9.31. The average Bonchev–Trinajstić information content (AvgIpc) is 4.24. The molecular formula is C52H58ClF2N11O2S2. The SMILES string of the molecule is CCN(CC)CC.C[C@@H]1c2nnc(-c3csc(-c4ccccc4)n3)n2CCN1C(=O)c1ccc(F)cc1.C[C@H]1NCCn2c(-c3csc(-c4ccccc4)n3)nnc21.O=C(Cl)c1ccc(F)cc1.[2H]CC. The van der Waals surface area contributed by atoms with Crippen molar-refractivity contribution >= 4 is 45.4 Å². The molecule has 0 fully saturated rings. The van der Waals surface area contributed by atoms with Gasteiger partial charge >= 0.3 is 0 Å². The van der Waals surface area contributed by atoms with Crippen LogP contribution in [0.1, 0.15) is 94.3 Å². The van der Waals surface area contributed by atoms with Crippen LogP contribution < -0.4 is 5.32 Å². The minimum Gasteiger partial charge on any atom is -0.327 e. The Morgan fingerprint density at radius 3 is 1.60 bits per heavy atom. The lowest BCUT2D eigenvalue weighted by atomic mass is 10.1. The Balaban J connectivity index is 0.000000173. The van der Waals surface area contributed by atoms with E-state index in [9.17, 15) is 18.4 Å². The van der Waals surface area contributed by atoms with Crippen molar-refractivity contribution < 1.29 is 19.7 Å². The van der Waals surface area contributed by atoms with Crippen LogP contribution >= 0.6 is 34.3 Å². The highest BCUT2D eigenvalue weighted by Gasteiger charge is 2.32. The summed E-state index contributed by atoms with van der Waals surface area (Å²) in [7, 11) is 0. The Labute approximate surface area is 422 Å². The number of nitrogens with zero attached hydrogens (tertiary/aromatic N) is 10. The van der Waals surface area contributed by atoms with Crippen LogP contribution in [-0.4, -0.2) is 93.2 Å². The van der Waals surface area contributed by atoms with E-state index in [0.29, 0.717) is 36.9 Å². The van der Waals surface area contributed by atoms with Crippen LogP contribution in [-0.2, 0) is 13.1 Å². The fraction of sp³-hybridized carbons (Fsp3) is 0.308. The van der Waals surface area contributed by atoms with Gasteiger partial charge in [-0.15, -0.1) is 43.1 Å². The zero-order valence-corrected chi connectivity index (χ0v) is 42.5. The van der Waals surface area contributed by atoms with Crippen molar-refractivity contribution in [2.75, 3.05) is 32.7 Å². The number of carbonyl (C=O) groups is 2. The molecule has 2 aliphatic heterocycles. The molecule has 13 nitrogen and oxygen atoms in total. The van der Waals surface area contributed by atoms with Gasteiger partial charge in [0.05, 0.1) is 12.1 Å². The quantitative estimate of drug-likeness (QED) is 0.139. The van der Waals surface area contributed by atoms with Crippen LogP contribution in [0.25, 0.3) is 44.2 Å². The summed E-state index contributed by atoms with van der Waals surface area (Å²) in [4.78, 5) is 36.9. The second-order valence-electron chi connectivity index (χ2n) is 15.6. The molecule has 0 bridgehead atoms. The van der Waals surface area contributed by atoms with Crippen LogP contribution in [0.3, 0.4) is 0 Å². The van der Waals surface area contributed by atoms with Gasteiger partial charge in [-0.1, -0.05) is 95.3 Å². The summed E-state index contributed by atoms with van der Waals surface area (Å²) < 4.78 is 35.8. The molecule has 0 saturated carbocycles. The van der Waals surface area contributed by atoms with Crippen LogP contribution in [0.4, 0.5) is 8.78 Å². The first-order chi connectivity index (χ1) is 34.4. The van der Waals surface area contributed by atoms with Crippen molar-refractivity contribution in [2.24, 2.45) is 0 Å². The number of aromatic nitrogens is 8. The maximum absolute atomic E-state index is 13.2. The summed E-state index contributed by atoms with van der Waals surface area (Å²) in [5.74, 6) is 2.42. The second-order valence-corrected chi connectivity index (χ2v) is 17.7. The summed E-state index contributed by atoms with van der Waals surface area (Å²) in [5.41, 5.74) is 4.67. The van der Waals surface area contributed by atoms with Crippen LogP contribution in [0, 0.1) is 11.6 Å². The van der Waals surface area contributed by atoms with Crippen LogP contribution in [0.5, 0.6) is 0 Å². The van der Waals surface area contributed by atoms with Gasteiger partial charge in [-0.3, -0.25) is 9.59 Å². The zero-order valence-electron chi connectivity index (χ0n) is 41.1. The van der Waals surface area contributed by atoms with Crippen molar-refractivity contribution in [3.8, 4) is 44.2 Å². The van der Waals surface area contributed by atoms with E-state index in [1.54, 1.807) is 34.5 Å². The highest BCUT2D eigenvalue weighted by Crippen LogP contribution is 2.33. The number of halogens is 3. The summed E-state index contributed by atoms with van der Waals surface area (Å²) in [6, 6.07) is 30.9. The van der Waals surface area contributed by atoms with Crippen molar-refractivity contribution in [1.29, 1.82) is 0 Å². The topological polar surface area (TPSA) is 140 Å². The van der Waals surface area contributed by atoms with Gasteiger partial charge in [0.15, 0.2) is 17.5 Å². The fourth-order valence-electron chi connectivity index (χ4n) is 7.57. The lowest BCUT2D eigenvalue weighted by molar-refractivity contribution is 0.0638. The first-order valence-corrected chi connectivity index (χ1v) is 25.2. The minimum atomic E-state index is -0.569. The summed E-state index contributed by atoms with van der Waals surface area (Å²) in [5, 5.41) is 26.2. The van der Waals surface area contributed by atoms with Crippen molar-refractivity contribution in [3.05, 3.63) is 154 Å². The van der Waals surface area contributed by atoms with E-state index in [1.165, 1.54) is 68.2 Å². The summed E-state index contributed by atoms with van der Waals surface area (Å²) in [6.45, 7) is 19.4. The number of benzene rings is 4. The Kier molecular flexibility index (Phi) is 19.1. The molecule has 10 rings (SSSR count). The van der Waals surface area contributed by atoms with Crippen LogP contribution in [0.2, 0.25) is 0 Å². The van der Waals surface area contributed by atoms with Gasteiger partial charge in [-0.25, -0.2) is 18.7 Å². The average molecular weight is 1010 g/mol. The van der Waals surface area contributed by atoms with E-state index in [1.807, 2.05) is 65.4 Å². The van der Waals surface area contributed by atoms with Gasteiger partial charge in [0.2, 0.25) is 0 Å². The molecule has 2 atom stereocenters. The number of thiazole rings is 2. The van der Waals surface area contributed by atoms with E-state index in [0.717, 1.165) is 63.1 Å². The number of amides is 1. The predicted octanol–water partition coefficient (Wildman–Crippen LogP) is 11.7. The molecule has 0 spiro atoms. The first-order valence-electron chi connectivity index (χ1n) is 23.8. The molecule has 366 valence electrons. The third-order valence-electron chi connectivity index (χ3n) is 11.4. The molecule has 1 amide bonds. The van der Waals surface area contributed by atoms with E-state index in [-0.39, 0.29) is 29.6 Å². The highest BCUT2D eigenvalue weighted by atomic mass is 35.5. The number of fused-ring (bicyclic) bond motifs is 2. The molecule has 18 heteroatoms. The second kappa shape index (κ2) is 26.0. The molecule has 0 radical (unpaired) electrons. The minimum absolute atomic E-state index is 0.140. The highest BCUT2D eigenvalue weighted by molar-refractivity contribution is 7.13. The molecule has 2 aliphatic rings. The third-order valence-corrected chi connectivity index (χ3v) is 13.4. The molecule has 0 unspecified atom stereocenters. The van der Waals surface area contributed by atoms with Gasteiger partial charge < -0.3 is 24.3 Å². The zero-order chi connectivity index (χ0) is 50.9. The molecule has 4 aromatic heterocycles. The molecule has 0 saturated heterocycles. The van der Waals surface area contributed by atoms with Crippen molar-refractivity contribution in [3.63, 3.8) is 0 Å². The summed E-state index contributed by atoms with van der Waals surface area (Å²) in [6.07, 6.45) is 0. The first kappa shape index (κ1) is 51.5. The third kappa shape index (κ3) is 13.3. The van der Waals surface area contributed by atoms with E-state index >= 15 is 0 Å². The van der Waals surface area contributed by atoms with Gasteiger partial charge in [0.25, 0.3) is 11.1 Å². The van der Waals surface area contributed by atoms with E-state index in [4.69, 9.17) is 22.9 Å². The Hall–Kier alpha value is -6.37. The molecule has 6 heterocycles. The molecule has 0 aliphatic carbocycles. The molecule has 8 aromatic rings. The standard InChI is InChI=1S/C22H18FN5OS.C15H15N5S.C7H4ClFO.C6H15N.C2H6/c1-14-19-25-26-20(18-13-30-21(24-18)15-5-3-2-4-6-15)28(19)12-11-27(14)22(29)16-7-9-17(23)10-8-16;1-10-13-18-19-14(20(13)8-7-16-10)12-9-21-15(17-12)11-5-3-2-4-6-11;8-7(10)5-1-3-6(9)4-2-5;1-4-7(5-2)6-3;1-2/h2-10,13-14H,11-12H2,1H3;2-6,9-10,16H,7-8H2,1H3;1-4H;4-6H2,1-3H3;1-2H3/t14-;10-;;;/m11.../s1/i;;;;1D. The van der Waals surface area contributed by atoms with Crippen molar-refractivity contribution in [1.82, 2.24) is 54.6 Å². The van der Waals surface area contributed by atoms with Gasteiger partial charge in [0.1, 0.15) is 38.9 Å². The van der Waals surface area contributed by atoms with Crippen molar-refractivity contribution in [2.45, 2.75) is 73.6 Å². The monoisotopic (exact) mass is 1010 g/mol.